The Hall–Kier alpha value is -2.15. The summed E-state index contributed by atoms with van der Waals surface area (Å²) in [4.78, 5) is 4.73. The summed E-state index contributed by atoms with van der Waals surface area (Å²) < 4.78 is 0. The predicted octanol–water partition coefficient (Wildman–Crippen LogP) is 4.52. The van der Waals surface area contributed by atoms with E-state index in [-0.39, 0.29) is 0 Å². The van der Waals surface area contributed by atoms with E-state index in [0.717, 1.165) is 11.2 Å². The lowest BCUT2D eigenvalue weighted by Gasteiger charge is -2.05. The number of hydrogen-bond donors (Lipinski definition) is 0. The van der Waals surface area contributed by atoms with Crippen molar-refractivity contribution in [1.82, 2.24) is 4.98 Å². The molecule has 1 heterocycles. The minimum absolute atomic E-state index is 1.04. The van der Waals surface area contributed by atoms with Gasteiger partial charge in [0, 0.05) is 10.9 Å². The fourth-order valence-electron chi connectivity index (χ4n) is 2.21. The zero-order valence-corrected chi connectivity index (χ0v) is 10.6. The molecule has 0 saturated heterocycles. The molecule has 0 atom stereocenters. The summed E-state index contributed by atoms with van der Waals surface area (Å²) >= 11 is 0. The third-order valence-corrected chi connectivity index (χ3v) is 3.16. The third kappa shape index (κ3) is 2.00. The van der Waals surface area contributed by atoms with E-state index >= 15 is 0 Å². The number of hydrogen-bond acceptors (Lipinski definition) is 1. The smallest absolute Gasteiger partial charge is 0.0709 e. The van der Waals surface area contributed by atoms with Crippen molar-refractivity contribution in [2.24, 2.45) is 0 Å². The van der Waals surface area contributed by atoms with Crippen LogP contribution in [0.1, 0.15) is 11.1 Å². The average Bonchev–Trinajstić information content (AvgIpc) is 2.38. The van der Waals surface area contributed by atoms with Crippen LogP contribution in [-0.4, -0.2) is 4.98 Å². The van der Waals surface area contributed by atoms with Gasteiger partial charge in [-0.3, -0.25) is 0 Å². The number of benzene rings is 2. The van der Waals surface area contributed by atoms with Crippen molar-refractivity contribution in [3.63, 3.8) is 0 Å². The molecule has 0 aliphatic rings. The fourth-order valence-corrected chi connectivity index (χ4v) is 2.21. The van der Waals surface area contributed by atoms with Gasteiger partial charge in [-0.25, -0.2) is 4.98 Å². The molecule has 0 aliphatic heterocycles. The molecule has 1 aromatic heterocycles. The number of fused-ring (bicyclic) bond motifs is 1. The van der Waals surface area contributed by atoms with Gasteiger partial charge in [0.2, 0.25) is 0 Å². The van der Waals surface area contributed by atoms with Gasteiger partial charge in [-0.1, -0.05) is 41.5 Å². The Bertz CT molecular complexity index is 714. The van der Waals surface area contributed by atoms with Gasteiger partial charge in [-0.15, -0.1) is 0 Å². The summed E-state index contributed by atoms with van der Waals surface area (Å²) in [5.74, 6) is 0. The lowest BCUT2D eigenvalue weighted by atomic mass is 10.1. The quantitative estimate of drug-likeness (QED) is 0.602. The van der Waals surface area contributed by atoms with Crippen molar-refractivity contribution in [3.05, 3.63) is 65.7 Å². The van der Waals surface area contributed by atoms with E-state index in [1.54, 1.807) is 0 Å². The van der Waals surface area contributed by atoms with Crippen molar-refractivity contribution >= 4 is 10.9 Å². The molecule has 88 valence electrons. The molecule has 0 bridgehead atoms. The molecular formula is C17H15N. The Labute approximate surface area is 107 Å². The maximum absolute atomic E-state index is 4.73. The maximum atomic E-state index is 4.73. The third-order valence-electron chi connectivity index (χ3n) is 3.16. The van der Waals surface area contributed by atoms with E-state index in [4.69, 9.17) is 4.98 Å². The summed E-state index contributed by atoms with van der Waals surface area (Å²) in [6, 6.07) is 19.1. The molecule has 1 nitrogen and oxygen atoms in total. The van der Waals surface area contributed by atoms with Crippen LogP contribution >= 0.6 is 0 Å². The largest absolute Gasteiger partial charge is 0.248 e. The molecule has 3 rings (SSSR count). The number of aryl methyl sites for hydroxylation is 2. The molecule has 3 aromatic rings. The Morgan fingerprint density at radius 2 is 1.61 bits per heavy atom. The second kappa shape index (κ2) is 4.26. The zero-order valence-electron chi connectivity index (χ0n) is 10.6. The van der Waals surface area contributed by atoms with Crippen LogP contribution in [0.3, 0.4) is 0 Å². The molecule has 0 spiro atoms. The van der Waals surface area contributed by atoms with E-state index in [2.05, 4.69) is 68.4 Å². The summed E-state index contributed by atoms with van der Waals surface area (Å²) in [5.41, 5.74) is 5.80. The van der Waals surface area contributed by atoms with Crippen molar-refractivity contribution in [2.45, 2.75) is 13.8 Å². The molecule has 18 heavy (non-hydrogen) atoms. The van der Waals surface area contributed by atoms with Crippen LogP contribution < -0.4 is 0 Å². The van der Waals surface area contributed by atoms with E-state index < -0.39 is 0 Å². The van der Waals surface area contributed by atoms with Crippen LogP contribution in [0.5, 0.6) is 0 Å². The summed E-state index contributed by atoms with van der Waals surface area (Å²) in [5, 5.41) is 1.20. The van der Waals surface area contributed by atoms with Crippen molar-refractivity contribution in [3.8, 4) is 11.3 Å². The van der Waals surface area contributed by atoms with Crippen molar-refractivity contribution in [2.75, 3.05) is 0 Å². The SMILES string of the molecule is Cc1cccc(-c2ccc3cc(C)ccc3n2)c1. The van der Waals surface area contributed by atoms with Crippen LogP contribution in [0.2, 0.25) is 0 Å². The topological polar surface area (TPSA) is 12.9 Å². The van der Waals surface area contributed by atoms with Crippen molar-refractivity contribution in [1.29, 1.82) is 0 Å². The molecule has 0 amide bonds. The van der Waals surface area contributed by atoms with E-state index in [9.17, 15) is 0 Å². The van der Waals surface area contributed by atoms with Gasteiger partial charge >= 0.3 is 0 Å². The van der Waals surface area contributed by atoms with E-state index in [0.29, 0.717) is 0 Å². The van der Waals surface area contributed by atoms with E-state index in [1.807, 2.05) is 0 Å². The van der Waals surface area contributed by atoms with Crippen LogP contribution in [-0.2, 0) is 0 Å². The van der Waals surface area contributed by atoms with Gasteiger partial charge in [0.05, 0.1) is 11.2 Å². The Morgan fingerprint density at radius 1 is 0.778 bits per heavy atom. The minimum atomic E-state index is 1.04. The lowest BCUT2D eigenvalue weighted by molar-refractivity contribution is 1.37. The number of pyridine rings is 1. The first-order valence-corrected chi connectivity index (χ1v) is 6.17. The normalized spacial score (nSPS) is 10.8. The zero-order chi connectivity index (χ0) is 12.5. The predicted molar refractivity (Wildman–Crippen MR) is 76.7 cm³/mol. The molecule has 0 N–H and O–H groups in total. The highest BCUT2D eigenvalue weighted by atomic mass is 14.7. The highest BCUT2D eigenvalue weighted by Gasteiger charge is 2.01. The van der Waals surface area contributed by atoms with Gasteiger partial charge in [-0.2, -0.15) is 0 Å². The molecular weight excluding hydrogens is 218 g/mol. The number of aromatic nitrogens is 1. The highest BCUT2D eigenvalue weighted by molar-refractivity contribution is 5.82. The molecule has 0 radical (unpaired) electrons. The molecule has 0 unspecified atom stereocenters. The number of rotatable bonds is 1. The van der Waals surface area contributed by atoms with Crippen LogP contribution in [0.25, 0.3) is 22.2 Å². The molecule has 0 aliphatic carbocycles. The standard InChI is InChI=1S/C17H15N/c1-12-4-3-5-14(10-12)17-9-7-15-11-13(2)6-8-16(15)18-17/h3-11H,1-2H3. The lowest BCUT2D eigenvalue weighted by Crippen LogP contribution is -1.86. The Kier molecular flexibility index (Phi) is 2.60. The Morgan fingerprint density at radius 3 is 2.44 bits per heavy atom. The molecule has 2 aromatic carbocycles. The van der Waals surface area contributed by atoms with Gasteiger partial charge in [-0.05, 0) is 38.1 Å². The van der Waals surface area contributed by atoms with Crippen LogP contribution in [0.15, 0.2) is 54.6 Å². The van der Waals surface area contributed by atoms with Crippen LogP contribution in [0, 0.1) is 13.8 Å². The Balaban J connectivity index is 2.16. The fraction of sp³-hybridized carbons (Fsp3) is 0.118. The van der Waals surface area contributed by atoms with Gasteiger partial charge < -0.3 is 0 Å². The van der Waals surface area contributed by atoms with Gasteiger partial charge in [0.15, 0.2) is 0 Å². The summed E-state index contributed by atoms with van der Waals surface area (Å²) in [7, 11) is 0. The second-order valence-corrected chi connectivity index (χ2v) is 4.76. The highest BCUT2D eigenvalue weighted by Crippen LogP contribution is 2.22. The van der Waals surface area contributed by atoms with Crippen molar-refractivity contribution < 1.29 is 0 Å². The first-order valence-electron chi connectivity index (χ1n) is 6.17. The van der Waals surface area contributed by atoms with E-state index in [1.165, 1.54) is 22.1 Å². The summed E-state index contributed by atoms with van der Waals surface area (Å²) in [6.45, 7) is 4.21. The average molecular weight is 233 g/mol. The first-order chi connectivity index (χ1) is 8.72. The van der Waals surface area contributed by atoms with Crippen LogP contribution in [0.4, 0.5) is 0 Å². The molecule has 0 fully saturated rings. The minimum Gasteiger partial charge on any atom is -0.248 e. The van der Waals surface area contributed by atoms with Gasteiger partial charge in [0.1, 0.15) is 0 Å². The first kappa shape index (κ1) is 11.0. The van der Waals surface area contributed by atoms with Gasteiger partial charge in [0.25, 0.3) is 0 Å². The monoisotopic (exact) mass is 233 g/mol. The summed E-state index contributed by atoms with van der Waals surface area (Å²) in [6.07, 6.45) is 0. The molecule has 1 heteroatoms. The maximum Gasteiger partial charge on any atom is 0.0709 e. The second-order valence-electron chi connectivity index (χ2n) is 4.76. The number of nitrogens with zero attached hydrogens (tertiary/aromatic N) is 1. The molecule has 0 saturated carbocycles.